The van der Waals surface area contributed by atoms with Gasteiger partial charge in [-0.1, -0.05) is 39.0 Å². The predicted octanol–water partition coefficient (Wildman–Crippen LogP) is 3.58. The number of benzene rings is 1. The zero-order valence-electron chi connectivity index (χ0n) is 12.5. The molecule has 0 aliphatic rings. The first-order chi connectivity index (χ1) is 9.38. The Bertz CT molecular complexity index is 605. The van der Waals surface area contributed by atoms with Crippen LogP contribution in [0.3, 0.4) is 0 Å². The van der Waals surface area contributed by atoms with E-state index < -0.39 is 0 Å². The number of hydrogen-bond acceptors (Lipinski definition) is 2. The number of Topliss-reactive ketones (excluding diaryl/α,β-unsaturated/α-hetero) is 1. The van der Waals surface area contributed by atoms with Gasteiger partial charge in [0.05, 0.1) is 0 Å². The third-order valence-electron chi connectivity index (χ3n) is 3.21. The summed E-state index contributed by atoms with van der Waals surface area (Å²) in [5.74, 6) is 0.776. The fraction of sp³-hybridized carbons (Fsp3) is 0.353. The summed E-state index contributed by atoms with van der Waals surface area (Å²) in [6.45, 7) is 6.47. The van der Waals surface area contributed by atoms with Gasteiger partial charge in [0, 0.05) is 25.0 Å². The Hall–Kier alpha value is -2.03. The van der Waals surface area contributed by atoms with Crippen LogP contribution in [0.25, 0.3) is 0 Å². The third-order valence-corrected chi connectivity index (χ3v) is 3.21. The van der Waals surface area contributed by atoms with Crippen LogP contribution in [0.2, 0.25) is 0 Å². The molecule has 1 heterocycles. The van der Waals surface area contributed by atoms with Crippen molar-refractivity contribution in [3.63, 3.8) is 0 Å². The minimum absolute atomic E-state index is 0.00527. The van der Waals surface area contributed by atoms with Crippen LogP contribution in [0.4, 0.5) is 0 Å². The van der Waals surface area contributed by atoms with E-state index in [2.05, 4.69) is 20.8 Å². The third kappa shape index (κ3) is 3.29. The first-order valence-corrected chi connectivity index (χ1v) is 6.75. The normalized spacial score (nSPS) is 11.4. The smallest absolute Gasteiger partial charge is 0.201 e. The summed E-state index contributed by atoms with van der Waals surface area (Å²) in [5, 5.41) is 0. The standard InChI is InChI=1S/C17H21NO2/c1-17(2,3)14-7-5-6-8-16(14)20-12-15(19)13-9-10-18(4)11-13/h5-11H,12H2,1-4H3. The van der Waals surface area contributed by atoms with Crippen molar-refractivity contribution in [3.8, 4) is 5.75 Å². The highest BCUT2D eigenvalue weighted by Crippen LogP contribution is 2.30. The Morgan fingerprint density at radius 3 is 2.50 bits per heavy atom. The van der Waals surface area contributed by atoms with Crippen molar-refractivity contribution in [2.45, 2.75) is 26.2 Å². The first-order valence-electron chi connectivity index (χ1n) is 6.75. The Morgan fingerprint density at radius 1 is 1.20 bits per heavy atom. The highest BCUT2D eigenvalue weighted by atomic mass is 16.5. The Kier molecular flexibility index (Phi) is 3.98. The zero-order valence-corrected chi connectivity index (χ0v) is 12.5. The molecule has 2 aromatic rings. The lowest BCUT2D eigenvalue weighted by Crippen LogP contribution is -2.16. The number of carbonyl (C=O) groups is 1. The van der Waals surface area contributed by atoms with Crippen LogP contribution < -0.4 is 4.74 Å². The molecular formula is C17H21NO2. The van der Waals surface area contributed by atoms with E-state index in [9.17, 15) is 4.79 Å². The van der Waals surface area contributed by atoms with E-state index >= 15 is 0 Å². The van der Waals surface area contributed by atoms with Crippen molar-refractivity contribution in [3.05, 3.63) is 53.9 Å². The fourth-order valence-electron chi connectivity index (χ4n) is 2.11. The number of ether oxygens (including phenoxy) is 1. The molecule has 3 heteroatoms. The van der Waals surface area contributed by atoms with Gasteiger partial charge >= 0.3 is 0 Å². The lowest BCUT2D eigenvalue weighted by Gasteiger charge is -2.22. The van der Waals surface area contributed by atoms with Crippen molar-refractivity contribution < 1.29 is 9.53 Å². The van der Waals surface area contributed by atoms with Crippen LogP contribution in [0.1, 0.15) is 36.7 Å². The Balaban J connectivity index is 2.10. The SMILES string of the molecule is Cn1ccc(C(=O)COc2ccccc2C(C)(C)C)c1. The maximum absolute atomic E-state index is 12.1. The molecule has 1 aromatic heterocycles. The molecule has 2 rings (SSSR count). The van der Waals surface area contributed by atoms with Crippen LogP contribution in [0.5, 0.6) is 5.75 Å². The van der Waals surface area contributed by atoms with E-state index in [1.54, 1.807) is 12.3 Å². The van der Waals surface area contributed by atoms with Gasteiger partial charge in [-0.05, 0) is 23.1 Å². The molecule has 0 radical (unpaired) electrons. The van der Waals surface area contributed by atoms with Crippen molar-refractivity contribution in [2.75, 3.05) is 6.61 Å². The molecule has 0 aliphatic heterocycles. The lowest BCUT2D eigenvalue weighted by molar-refractivity contribution is 0.0920. The topological polar surface area (TPSA) is 31.2 Å². The van der Waals surface area contributed by atoms with Crippen LogP contribution in [-0.2, 0) is 12.5 Å². The zero-order chi connectivity index (χ0) is 14.8. The van der Waals surface area contributed by atoms with Gasteiger partial charge in [-0.25, -0.2) is 0 Å². The lowest BCUT2D eigenvalue weighted by atomic mass is 9.86. The van der Waals surface area contributed by atoms with Crippen molar-refractivity contribution in [1.82, 2.24) is 4.57 Å². The molecule has 0 bridgehead atoms. The number of hydrogen-bond donors (Lipinski definition) is 0. The second-order valence-corrected chi connectivity index (χ2v) is 6.02. The average Bonchev–Trinajstić information content (AvgIpc) is 2.82. The maximum Gasteiger partial charge on any atom is 0.201 e. The molecule has 106 valence electrons. The molecule has 0 fully saturated rings. The van der Waals surface area contributed by atoms with Gasteiger partial charge in [-0.3, -0.25) is 4.79 Å². The summed E-state index contributed by atoms with van der Waals surface area (Å²) in [6.07, 6.45) is 3.66. The van der Waals surface area contributed by atoms with Gasteiger partial charge in [-0.2, -0.15) is 0 Å². The summed E-state index contributed by atoms with van der Waals surface area (Å²) in [5.41, 5.74) is 1.79. The molecule has 0 N–H and O–H groups in total. The predicted molar refractivity (Wildman–Crippen MR) is 80.4 cm³/mol. The monoisotopic (exact) mass is 271 g/mol. The van der Waals surface area contributed by atoms with Crippen LogP contribution in [0.15, 0.2) is 42.7 Å². The van der Waals surface area contributed by atoms with Gasteiger partial charge in [0.15, 0.2) is 6.61 Å². The number of para-hydroxylation sites is 1. The molecule has 0 saturated carbocycles. The molecule has 0 spiro atoms. The van der Waals surface area contributed by atoms with E-state index in [-0.39, 0.29) is 17.8 Å². The second-order valence-electron chi connectivity index (χ2n) is 6.02. The fourth-order valence-corrected chi connectivity index (χ4v) is 2.11. The van der Waals surface area contributed by atoms with Gasteiger partial charge in [0.2, 0.25) is 5.78 Å². The minimum Gasteiger partial charge on any atom is -0.485 e. The molecule has 0 unspecified atom stereocenters. The molecular weight excluding hydrogens is 250 g/mol. The summed E-state index contributed by atoms with van der Waals surface area (Å²) >= 11 is 0. The minimum atomic E-state index is -0.00755. The van der Waals surface area contributed by atoms with Crippen molar-refractivity contribution >= 4 is 5.78 Å². The molecule has 0 atom stereocenters. The van der Waals surface area contributed by atoms with E-state index in [1.165, 1.54) is 0 Å². The molecule has 0 aliphatic carbocycles. The maximum atomic E-state index is 12.1. The molecule has 0 amide bonds. The number of rotatable bonds is 4. The van der Waals surface area contributed by atoms with Crippen LogP contribution in [0, 0.1) is 0 Å². The number of ketones is 1. The van der Waals surface area contributed by atoms with Gasteiger partial charge in [0.25, 0.3) is 0 Å². The van der Waals surface area contributed by atoms with Gasteiger partial charge in [-0.15, -0.1) is 0 Å². The first kappa shape index (κ1) is 14.4. The van der Waals surface area contributed by atoms with Crippen LogP contribution in [-0.4, -0.2) is 17.0 Å². The number of aromatic nitrogens is 1. The van der Waals surface area contributed by atoms with Crippen LogP contribution >= 0.6 is 0 Å². The number of carbonyl (C=O) groups excluding carboxylic acids is 1. The van der Waals surface area contributed by atoms with E-state index in [0.717, 1.165) is 11.3 Å². The Morgan fingerprint density at radius 2 is 1.90 bits per heavy atom. The quantitative estimate of drug-likeness (QED) is 0.796. The average molecular weight is 271 g/mol. The molecule has 0 saturated heterocycles. The Labute approximate surface area is 120 Å². The van der Waals surface area contributed by atoms with Gasteiger partial charge in [0.1, 0.15) is 5.75 Å². The summed E-state index contributed by atoms with van der Waals surface area (Å²) in [4.78, 5) is 12.1. The van der Waals surface area contributed by atoms with Crippen molar-refractivity contribution in [1.29, 1.82) is 0 Å². The number of aryl methyl sites for hydroxylation is 1. The molecule has 3 nitrogen and oxygen atoms in total. The summed E-state index contributed by atoms with van der Waals surface area (Å²) in [6, 6.07) is 9.69. The van der Waals surface area contributed by atoms with E-state index in [1.807, 2.05) is 42.1 Å². The van der Waals surface area contributed by atoms with E-state index in [0.29, 0.717) is 5.56 Å². The number of nitrogens with zero attached hydrogens (tertiary/aromatic N) is 1. The van der Waals surface area contributed by atoms with E-state index in [4.69, 9.17) is 4.74 Å². The highest BCUT2D eigenvalue weighted by molar-refractivity contribution is 5.97. The second kappa shape index (κ2) is 5.53. The molecule has 1 aromatic carbocycles. The van der Waals surface area contributed by atoms with Crippen molar-refractivity contribution in [2.24, 2.45) is 7.05 Å². The molecule has 20 heavy (non-hydrogen) atoms. The van der Waals surface area contributed by atoms with Gasteiger partial charge < -0.3 is 9.30 Å². The highest BCUT2D eigenvalue weighted by Gasteiger charge is 2.19. The summed E-state index contributed by atoms with van der Waals surface area (Å²) < 4.78 is 7.59. The summed E-state index contributed by atoms with van der Waals surface area (Å²) in [7, 11) is 1.90. The largest absolute Gasteiger partial charge is 0.485 e.